The third-order valence-electron chi connectivity index (χ3n) is 3.85. The molecule has 1 heterocycles. The van der Waals surface area contributed by atoms with Gasteiger partial charge in [0.15, 0.2) is 0 Å². The van der Waals surface area contributed by atoms with Crippen LogP contribution in [0, 0.1) is 12.7 Å². The van der Waals surface area contributed by atoms with Gasteiger partial charge in [0.2, 0.25) is 0 Å². The summed E-state index contributed by atoms with van der Waals surface area (Å²) in [5, 5.41) is 24.4. The van der Waals surface area contributed by atoms with E-state index in [0.717, 1.165) is 11.3 Å². The minimum atomic E-state index is -0.925. The van der Waals surface area contributed by atoms with E-state index in [1.54, 1.807) is 23.9 Å². The van der Waals surface area contributed by atoms with Gasteiger partial charge in [0.1, 0.15) is 11.0 Å². The Balaban J connectivity index is 2.45. The zero-order chi connectivity index (χ0) is 15.6. The summed E-state index contributed by atoms with van der Waals surface area (Å²) in [6.07, 6.45) is 0.324. The van der Waals surface area contributed by atoms with Gasteiger partial charge in [0.05, 0.1) is 18.9 Å². The van der Waals surface area contributed by atoms with Crippen molar-refractivity contribution in [2.45, 2.75) is 18.8 Å². The topological polar surface area (TPSA) is 58.3 Å². The maximum absolute atomic E-state index is 13.1. The molecule has 6 heteroatoms. The van der Waals surface area contributed by atoms with Crippen LogP contribution in [0.5, 0.6) is 0 Å². The van der Waals surface area contributed by atoms with E-state index in [9.17, 15) is 14.6 Å². The Labute approximate surface area is 127 Å². The van der Waals surface area contributed by atoms with E-state index in [1.165, 1.54) is 12.1 Å². The lowest BCUT2D eigenvalue weighted by Crippen LogP contribution is -2.37. The molecule has 0 fully saturated rings. The first-order chi connectivity index (χ1) is 9.93. The minimum absolute atomic E-state index is 0.278. The highest BCUT2D eigenvalue weighted by Gasteiger charge is 2.33. The fourth-order valence-electron chi connectivity index (χ4n) is 2.46. The molecule has 0 aliphatic heterocycles. The van der Waals surface area contributed by atoms with E-state index in [0.29, 0.717) is 17.1 Å². The smallest absolute Gasteiger partial charge is 0.130 e. The van der Waals surface area contributed by atoms with Crippen molar-refractivity contribution in [1.82, 2.24) is 9.78 Å². The lowest BCUT2D eigenvalue weighted by molar-refractivity contribution is 0.116. The van der Waals surface area contributed by atoms with Crippen molar-refractivity contribution in [2.75, 3.05) is 13.2 Å². The average molecular weight is 313 g/mol. The molecule has 0 atom stereocenters. The summed E-state index contributed by atoms with van der Waals surface area (Å²) in [4.78, 5) is 0. The number of rotatable bonds is 5. The largest absolute Gasteiger partial charge is 0.395 e. The van der Waals surface area contributed by atoms with Gasteiger partial charge in [-0.2, -0.15) is 5.10 Å². The van der Waals surface area contributed by atoms with Gasteiger partial charge < -0.3 is 10.2 Å². The van der Waals surface area contributed by atoms with Gasteiger partial charge in [0, 0.05) is 18.0 Å². The molecule has 2 N–H and O–H groups in total. The van der Waals surface area contributed by atoms with Crippen molar-refractivity contribution in [1.29, 1.82) is 0 Å². The van der Waals surface area contributed by atoms with Crippen LogP contribution in [0.1, 0.15) is 16.8 Å². The highest BCUT2D eigenvalue weighted by Crippen LogP contribution is 2.32. The highest BCUT2D eigenvalue weighted by molar-refractivity contribution is 6.30. The molecule has 114 valence electrons. The maximum Gasteiger partial charge on any atom is 0.130 e. The van der Waals surface area contributed by atoms with Gasteiger partial charge in [-0.1, -0.05) is 23.7 Å². The van der Waals surface area contributed by atoms with E-state index in [-0.39, 0.29) is 19.0 Å². The van der Waals surface area contributed by atoms with Crippen LogP contribution in [-0.2, 0) is 18.9 Å². The number of aromatic nitrogens is 2. The molecule has 2 aromatic rings. The predicted molar refractivity (Wildman–Crippen MR) is 78.9 cm³/mol. The van der Waals surface area contributed by atoms with Crippen LogP contribution in [0.15, 0.2) is 24.3 Å². The van der Waals surface area contributed by atoms with Crippen LogP contribution in [0.4, 0.5) is 4.39 Å². The summed E-state index contributed by atoms with van der Waals surface area (Å²) < 4.78 is 14.6. The third kappa shape index (κ3) is 2.95. The molecule has 4 nitrogen and oxygen atoms in total. The van der Waals surface area contributed by atoms with E-state index in [2.05, 4.69) is 5.10 Å². The molecule has 21 heavy (non-hydrogen) atoms. The van der Waals surface area contributed by atoms with Crippen molar-refractivity contribution in [3.63, 3.8) is 0 Å². The molecule has 0 saturated carbocycles. The van der Waals surface area contributed by atoms with Gasteiger partial charge in [-0.25, -0.2) is 4.39 Å². The summed E-state index contributed by atoms with van der Waals surface area (Å²) in [6.45, 7) is 1.27. The molecular formula is C15H18ClFN2O2. The monoisotopic (exact) mass is 312 g/mol. The Morgan fingerprint density at radius 2 is 1.81 bits per heavy atom. The Hall–Kier alpha value is -1.43. The number of aliphatic hydroxyl groups is 2. The van der Waals surface area contributed by atoms with Gasteiger partial charge in [-0.15, -0.1) is 0 Å². The number of hydrogen-bond acceptors (Lipinski definition) is 3. The fourth-order valence-corrected chi connectivity index (χ4v) is 2.70. The van der Waals surface area contributed by atoms with Crippen LogP contribution >= 0.6 is 11.6 Å². The highest BCUT2D eigenvalue weighted by atomic mass is 35.5. The summed E-state index contributed by atoms with van der Waals surface area (Å²) >= 11 is 6.22. The molecule has 0 radical (unpaired) electrons. The van der Waals surface area contributed by atoms with E-state index in [4.69, 9.17) is 11.6 Å². The zero-order valence-corrected chi connectivity index (χ0v) is 12.7. The lowest BCUT2D eigenvalue weighted by Gasteiger charge is -2.30. The van der Waals surface area contributed by atoms with Crippen LogP contribution < -0.4 is 0 Å². The predicted octanol–water partition coefficient (Wildman–Crippen LogP) is 1.99. The normalized spacial score (nSPS) is 11.9. The summed E-state index contributed by atoms with van der Waals surface area (Å²) in [6, 6.07) is 5.77. The Kier molecular flexibility index (Phi) is 4.66. The van der Waals surface area contributed by atoms with Crippen molar-refractivity contribution < 1.29 is 14.6 Å². The third-order valence-corrected chi connectivity index (χ3v) is 4.32. The van der Waals surface area contributed by atoms with Gasteiger partial charge in [-0.3, -0.25) is 4.68 Å². The zero-order valence-electron chi connectivity index (χ0n) is 12.0. The summed E-state index contributed by atoms with van der Waals surface area (Å²) in [5.74, 6) is -0.362. The second-order valence-electron chi connectivity index (χ2n) is 5.26. The van der Waals surface area contributed by atoms with Crippen LogP contribution in [0.2, 0.25) is 5.15 Å². The van der Waals surface area contributed by atoms with Crippen molar-refractivity contribution in [3.05, 3.63) is 52.1 Å². The molecule has 0 bridgehead atoms. The van der Waals surface area contributed by atoms with Crippen molar-refractivity contribution >= 4 is 11.6 Å². The van der Waals surface area contributed by atoms with Crippen LogP contribution in [0.3, 0.4) is 0 Å². The molecule has 0 saturated heterocycles. The molecular weight excluding hydrogens is 295 g/mol. The van der Waals surface area contributed by atoms with E-state index < -0.39 is 5.41 Å². The number of nitrogens with zero attached hydrogens (tertiary/aromatic N) is 2. The number of halogens is 2. The number of aliphatic hydroxyl groups excluding tert-OH is 2. The minimum Gasteiger partial charge on any atom is -0.395 e. The molecule has 0 aliphatic rings. The van der Waals surface area contributed by atoms with E-state index >= 15 is 0 Å². The number of hydrogen-bond donors (Lipinski definition) is 2. The first kappa shape index (κ1) is 15.9. The van der Waals surface area contributed by atoms with Gasteiger partial charge in [0.25, 0.3) is 0 Å². The van der Waals surface area contributed by atoms with Gasteiger partial charge >= 0.3 is 0 Å². The standard InChI is InChI=1S/C15H18ClFN2O2/c1-10-13(14(16)19(2)18-10)7-15(8-20,9-21)11-3-5-12(17)6-4-11/h3-6,20-21H,7-9H2,1-2H3. The average Bonchev–Trinajstić information content (AvgIpc) is 2.72. The van der Waals surface area contributed by atoms with Crippen molar-refractivity contribution in [3.8, 4) is 0 Å². The lowest BCUT2D eigenvalue weighted by atomic mass is 9.77. The second kappa shape index (κ2) is 6.13. The van der Waals surface area contributed by atoms with Gasteiger partial charge in [-0.05, 0) is 31.0 Å². The Morgan fingerprint density at radius 1 is 1.24 bits per heavy atom. The number of aryl methyl sites for hydroxylation is 2. The SMILES string of the molecule is Cc1nn(C)c(Cl)c1CC(CO)(CO)c1ccc(F)cc1. The first-order valence-electron chi connectivity index (χ1n) is 6.59. The first-order valence-corrected chi connectivity index (χ1v) is 6.97. The Bertz CT molecular complexity index is 621. The molecule has 1 aromatic heterocycles. The number of benzene rings is 1. The molecule has 1 aromatic carbocycles. The summed E-state index contributed by atoms with van der Waals surface area (Å²) in [5.41, 5.74) is 1.25. The Morgan fingerprint density at radius 3 is 2.24 bits per heavy atom. The fraction of sp³-hybridized carbons (Fsp3) is 0.400. The summed E-state index contributed by atoms with van der Waals surface area (Å²) in [7, 11) is 1.73. The van der Waals surface area contributed by atoms with Crippen molar-refractivity contribution in [2.24, 2.45) is 7.05 Å². The van der Waals surface area contributed by atoms with E-state index in [1.807, 2.05) is 6.92 Å². The molecule has 0 aliphatic carbocycles. The van der Waals surface area contributed by atoms with Crippen LogP contribution in [0.25, 0.3) is 0 Å². The molecule has 0 amide bonds. The second-order valence-corrected chi connectivity index (χ2v) is 5.62. The molecule has 2 rings (SSSR count). The molecule has 0 spiro atoms. The van der Waals surface area contributed by atoms with Crippen LogP contribution in [-0.4, -0.2) is 33.2 Å². The quantitative estimate of drug-likeness (QED) is 0.887. The molecule has 0 unspecified atom stereocenters. The maximum atomic E-state index is 13.1.